The van der Waals surface area contributed by atoms with E-state index in [1.54, 1.807) is 10.8 Å². The Balaban J connectivity index is 2.38. The molecule has 0 spiro atoms. The van der Waals surface area contributed by atoms with Gasteiger partial charge in [0, 0.05) is 18.9 Å². The maximum atomic E-state index is 11.9. The Labute approximate surface area is 119 Å². The van der Waals surface area contributed by atoms with Crippen LogP contribution in [0.4, 0.5) is 5.82 Å². The van der Waals surface area contributed by atoms with Gasteiger partial charge in [-0.05, 0) is 41.4 Å². The van der Waals surface area contributed by atoms with Gasteiger partial charge in [0.25, 0.3) is 0 Å². The second-order valence-electron chi connectivity index (χ2n) is 4.27. The van der Waals surface area contributed by atoms with E-state index in [-0.39, 0.29) is 5.69 Å². The van der Waals surface area contributed by atoms with Crippen molar-refractivity contribution in [2.75, 3.05) is 12.4 Å². The predicted molar refractivity (Wildman–Crippen MR) is 78.6 cm³/mol. The molecule has 0 saturated heterocycles. The van der Waals surface area contributed by atoms with Crippen molar-refractivity contribution in [3.63, 3.8) is 0 Å². The molecule has 0 radical (unpaired) electrons. The standard InChI is InChI=1S/C13H15BrN4O/c1-8-12(14)9(2)18(13(19)17-8)7-10-4-5-11(15-3)16-6-10/h4-6H,7H2,1-3H3,(H,15,16). The molecule has 100 valence electrons. The number of hydrogen-bond acceptors (Lipinski definition) is 4. The van der Waals surface area contributed by atoms with E-state index >= 15 is 0 Å². The third-order valence-electron chi connectivity index (χ3n) is 2.96. The second-order valence-corrected chi connectivity index (χ2v) is 5.06. The van der Waals surface area contributed by atoms with Crippen LogP contribution in [0.15, 0.2) is 27.6 Å². The Morgan fingerprint density at radius 2 is 2.11 bits per heavy atom. The van der Waals surface area contributed by atoms with Crippen LogP contribution in [0.5, 0.6) is 0 Å². The first-order valence-electron chi connectivity index (χ1n) is 5.89. The molecule has 19 heavy (non-hydrogen) atoms. The number of nitrogens with one attached hydrogen (secondary N) is 1. The monoisotopic (exact) mass is 322 g/mol. The van der Waals surface area contributed by atoms with E-state index in [1.807, 2.05) is 33.0 Å². The van der Waals surface area contributed by atoms with Gasteiger partial charge in [-0.3, -0.25) is 4.57 Å². The summed E-state index contributed by atoms with van der Waals surface area (Å²) in [6.07, 6.45) is 1.76. The molecule has 0 aromatic carbocycles. The van der Waals surface area contributed by atoms with Gasteiger partial charge in [0.05, 0.1) is 16.7 Å². The van der Waals surface area contributed by atoms with E-state index in [1.165, 1.54) is 0 Å². The Morgan fingerprint density at radius 3 is 2.68 bits per heavy atom. The quantitative estimate of drug-likeness (QED) is 0.940. The molecular formula is C13H15BrN4O. The fourth-order valence-electron chi connectivity index (χ4n) is 1.81. The molecule has 0 aliphatic carbocycles. The zero-order valence-electron chi connectivity index (χ0n) is 11.1. The van der Waals surface area contributed by atoms with Gasteiger partial charge in [0.2, 0.25) is 0 Å². The molecule has 2 heterocycles. The molecule has 1 N–H and O–H groups in total. The minimum atomic E-state index is -0.240. The number of pyridine rings is 1. The molecule has 0 unspecified atom stereocenters. The van der Waals surface area contributed by atoms with Crippen LogP contribution in [0.3, 0.4) is 0 Å². The van der Waals surface area contributed by atoms with Crippen LogP contribution in [0.2, 0.25) is 0 Å². The smallest absolute Gasteiger partial charge is 0.348 e. The molecule has 0 saturated carbocycles. The topological polar surface area (TPSA) is 59.8 Å². The van der Waals surface area contributed by atoms with E-state index in [0.717, 1.165) is 21.5 Å². The number of anilines is 1. The summed E-state index contributed by atoms with van der Waals surface area (Å²) in [7, 11) is 1.82. The van der Waals surface area contributed by atoms with Gasteiger partial charge >= 0.3 is 5.69 Å². The number of halogens is 1. The van der Waals surface area contributed by atoms with Gasteiger partial charge in [0.15, 0.2) is 0 Å². The molecule has 6 heteroatoms. The normalized spacial score (nSPS) is 10.5. The molecule has 2 aromatic heterocycles. The first kappa shape index (κ1) is 13.7. The van der Waals surface area contributed by atoms with E-state index < -0.39 is 0 Å². The predicted octanol–water partition coefficient (Wildman–Crippen LogP) is 2.11. The molecule has 0 aliphatic rings. The maximum Gasteiger partial charge on any atom is 0.348 e. The average molecular weight is 323 g/mol. The van der Waals surface area contributed by atoms with E-state index in [0.29, 0.717) is 12.2 Å². The highest BCUT2D eigenvalue weighted by Crippen LogP contribution is 2.17. The summed E-state index contributed by atoms with van der Waals surface area (Å²) in [6, 6.07) is 3.82. The Morgan fingerprint density at radius 1 is 1.37 bits per heavy atom. The Hall–Kier alpha value is -1.69. The summed E-state index contributed by atoms with van der Waals surface area (Å²) in [5.41, 5.74) is 2.30. The van der Waals surface area contributed by atoms with Crippen molar-refractivity contribution in [2.45, 2.75) is 20.4 Å². The zero-order chi connectivity index (χ0) is 14.0. The lowest BCUT2D eigenvalue weighted by molar-refractivity contribution is 0.687. The van der Waals surface area contributed by atoms with Crippen LogP contribution in [-0.2, 0) is 6.54 Å². The lowest BCUT2D eigenvalue weighted by atomic mass is 10.2. The summed E-state index contributed by atoms with van der Waals surface area (Å²) in [5.74, 6) is 0.802. The highest BCUT2D eigenvalue weighted by Gasteiger charge is 2.09. The van der Waals surface area contributed by atoms with Crippen molar-refractivity contribution < 1.29 is 0 Å². The summed E-state index contributed by atoms with van der Waals surface area (Å²) < 4.78 is 2.50. The van der Waals surface area contributed by atoms with Crippen LogP contribution in [0, 0.1) is 13.8 Å². The minimum absolute atomic E-state index is 0.240. The third kappa shape index (κ3) is 2.84. The van der Waals surface area contributed by atoms with Crippen molar-refractivity contribution in [1.29, 1.82) is 0 Å². The van der Waals surface area contributed by atoms with Crippen LogP contribution < -0.4 is 11.0 Å². The number of aromatic nitrogens is 3. The van der Waals surface area contributed by atoms with E-state index in [9.17, 15) is 4.79 Å². The second kappa shape index (κ2) is 5.52. The van der Waals surface area contributed by atoms with Gasteiger partial charge in [-0.15, -0.1) is 0 Å². The number of hydrogen-bond donors (Lipinski definition) is 1. The summed E-state index contributed by atoms with van der Waals surface area (Å²) in [4.78, 5) is 20.2. The number of rotatable bonds is 3. The molecular weight excluding hydrogens is 308 g/mol. The SMILES string of the molecule is CNc1ccc(Cn2c(C)c(Br)c(C)nc2=O)cn1. The van der Waals surface area contributed by atoms with Crippen LogP contribution in [-0.4, -0.2) is 21.6 Å². The fourth-order valence-corrected chi connectivity index (χ4v) is 2.11. The van der Waals surface area contributed by atoms with E-state index in [4.69, 9.17) is 0 Å². The molecule has 0 amide bonds. The third-order valence-corrected chi connectivity index (χ3v) is 4.10. The summed E-state index contributed by atoms with van der Waals surface area (Å²) in [6.45, 7) is 4.18. The highest BCUT2D eigenvalue weighted by molar-refractivity contribution is 9.10. The van der Waals surface area contributed by atoms with Crippen LogP contribution in [0.25, 0.3) is 0 Å². The van der Waals surface area contributed by atoms with Gasteiger partial charge in [0.1, 0.15) is 5.82 Å². The molecule has 0 aliphatic heterocycles. The zero-order valence-corrected chi connectivity index (χ0v) is 12.7. The lowest BCUT2D eigenvalue weighted by Gasteiger charge is -2.12. The minimum Gasteiger partial charge on any atom is -0.373 e. The molecule has 5 nitrogen and oxygen atoms in total. The highest BCUT2D eigenvalue weighted by atomic mass is 79.9. The largest absolute Gasteiger partial charge is 0.373 e. The number of aryl methyl sites for hydroxylation is 1. The van der Waals surface area contributed by atoms with Crippen molar-refractivity contribution in [1.82, 2.24) is 14.5 Å². The van der Waals surface area contributed by atoms with Crippen molar-refractivity contribution >= 4 is 21.7 Å². The summed E-state index contributed by atoms with van der Waals surface area (Å²) in [5, 5.41) is 2.96. The number of nitrogens with zero attached hydrogens (tertiary/aromatic N) is 3. The van der Waals surface area contributed by atoms with Gasteiger partial charge in [-0.2, -0.15) is 4.98 Å². The first-order valence-corrected chi connectivity index (χ1v) is 6.68. The lowest BCUT2D eigenvalue weighted by Crippen LogP contribution is -2.27. The van der Waals surface area contributed by atoms with Crippen molar-refractivity contribution in [3.05, 3.63) is 50.2 Å². The first-order chi connectivity index (χ1) is 9.02. The molecule has 2 aromatic rings. The van der Waals surface area contributed by atoms with Gasteiger partial charge in [-0.25, -0.2) is 9.78 Å². The van der Waals surface area contributed by atoms with Crippen molar-refractivity contribution in [3.8, 4) is 0 Å². The molecule has 0 fully saturated rings. The molecule has 0 bridgehead atoms. The summed E-state index contributed by atoms with van der Waals surface area (Å²) >= 11 is 3.45. The average Bonchev–Trinajstić information content (AvgIpc) is 2.42. The van der Waals surface area contributed by atoms with Gasteiger partial charge in [-0.1, -0.05) is 6.07 Å². The Kier molecular flexibility index (Phi) is 3.99. The van der Waals surface area contributed by atoms with Crippen molar-refractivity contribution in [2.24, 2.45) is 0 Å². The van der Waals surface area contributed by atoms with E-state index in [2.05, 4.69) is 31.2 Å². The Bertz CT molecular complexity index is 649. The van der Waals surface area contributed by atoms with Gasteiger partial charge < -0.3 is 5.32 Å². The fraction of sp³-hybridized carbons (Fsp3) is 0.308. The maximum absolute atomic E-state index is 11.9. The molecule has 0 atom stereocenters. The molecule has 2 rings (SSSR count). The van der Waals surface area contributed by atoms with Crippen LogP contribution in [0.1, 0.15) is 17.0 Å². The van der Waals surface area contributed by atoms with Crippen LogP contribution >= 0.6 is 15.9 Å².